The van der Waals surface area contributed by atoms with Crippen molar-refractivity contribution in [2.24, 2.45) is 0 Å². The number of sulfonamides is 1. The molecule has 1 aromatic heterocycles. The van der Waals surface area contributed by atoms with Gasteiger partial charge in [0.1, 0.15) is 4.90 Å². The summed E-state index contributed by atoms with van der Waals surface area (Å²) in [5.74, 6) is -0.946. The van der Waals surface area contributed by atoms with Crippen LogP contribution in [0.2, 0.25) is 0 Å². The molecule has 0 amide bonds. The number of carbonyl (C=O) groups is 1. The largest absolute Gasteiger partial charge is 0.481 e. The molecule has 0 aliphatic carbocycles. The number of aromatic nitrogens is 2. The molecule has 0 spiro atoms. The Morgan fingerprint density at radius 2 is 2.22 bits per heavy atom. The third kappa shape index (κ3) is 3.54. The average Bonchev–Trinajstić information content (AvgIpc) is 2.75. The van der Waals surface area contributed by atoms with Crippen molar-refractivity contribution in [1.29, 1.82) is 0 Å². The molecule has 0 fully saturated rings. The minimum absolute atomic E-state index is 0.0869. The second kappa shape index (κ2) is 5.96. The van der Waals surface area contributed by atoms with Crippen molar-refractivity contribution >= 4 is 16.0 Å². The molecule has 0 unspecified atom stereocenters. The van der Waals surface area contributed by atoms with Gasteiger partial charge in [-0.3, -0.25) is 9.48 Å². The van der Waals surface area contributed by atoms with Crippen LogP contribution in [0.25, 0.3) is 0 Å². The van der Waals surface area contributed by atoms with Crippen molar-refractivity contribution in [3.8, 4) is 0 Å². The monoisotopic (exact) mass is 275 g/mol. The van der Waals surface area contributed by atoms with E-state index in [1.807, 2.05) is 6.92 Å². The molecule has 0 radical (unpaired) electrons. The molecule has 8 heteroatoms. The summed E-state index contributed by atoms with van der Waals surface area (Å²) in [5, 5.41) is 12.4. The van der Waals surface area contributed by atoms with Crippen LogP contribution >= 0.6 is 0 Å². The first kappa shape index (κ1) is 14.7. The fourth-order valence-electron chi connectivity index (χ4n) is 1.43. The molecular weight excluding hydrogens is 258 g/mol. The summed E-state index contributed by atoms with van der Waals surface area (Å²) >= 11 is 0. The van der Waals surface area contributed by atoms with Gasteiger partial charge >= 0.3 is 5.97 Å². The lowest BCUT2D eigenvalue weighted by atomic mass is 10.4. The molecule has 0 bridgehead atoms. The van der Waals surface area contributed by atoms with Crippen LogP contribution in [0.5, 0.6) is 0 Å². The van der Waals surface area contributed by atoms with E-state index in [-0.39, 0.29) is 17.9 Å². The number of carboxylic acid groups (broad SMARTS) is 1. The normalized spacial score (nSPS) is 11.9. The summed E-state index contributed by atoms with van der Waals surface area (Å²) in [5.41, 5.74) is 0. The van der Waals surface area contributed by atoms with Crippen molar-refractivity contribution < 1.29 is 18.3 Å². The zero-order valence-electron chi connectivity index (χ0n) is 10.4. The van der Waals surface area contributed by atoms with Crippen LogP contribution in [-0.2, 0) is 21.4 Å². The Labute approximate surface area is 106 Å². The lowest BCUT2D eigenvalue weighted by molar-refractivity contribution is -0.137. The fourth-order valence-corrected chi connectivity index (χ4v) is 2.64. The Kier molecular flexibility index (Phi) is 4.85. The number of hydrogen-bond acceptors (Lipinski definition) is 4. The van der Waals surface area contributed by atoms with E-state index in [0.29, 0.717) is 6.54 Å². The number of carboxylic acids is 1. The van der Waals surface area contributed by atoms with Gasteiger partial charge < -0.3 is 5.11 Å². The molecule has 0 aliphatic heterocycles. The quantitative estimate of drug-likeness (QED) is 0.777. The minimum atomic E-state index is -3.52. The summed E-state index contributed by atoms with van der Waals surface area (Å²) in [4.78, 5) is 10.5. The van der Waals surface area contributed by atoms with Gasteiger partial charge in [-0.1, -0.05) is 6.92 Å². The van der Waals surface area contributed by atoms with Gasteiger partial charge in [-0.05, 0) is 6.42 Å². The van der Waals surface area contributed by atoms with E-state index >= 15 is 0 Å². The van der Waals surface area contributed by atoms with Crippen LogP contribution in [0.15, 0.2) is 17.3 Å². The Morgan fingerprint density at radius 1 is 1.56 bits per heavy atom. The summed E-state index contributed by atoms with van der Waals surface area (Å²) in [6, 6.07) is 0. The number of aliphatic carboxylic acids is 1. The Hall–Kier alpha value is -1.41. The molecule has 0 aliphatic rings. The highest BCUT2D eigenvalue weighted by molar-refractivity contribution is 7.89. The summed E-state index contributed by atoms with van der Waals surface area (Å²) in [6.45, 7) is 2.48. The Bertz CT molecular complexity index is 509. The third-order valence-electron chi connectivity index (χ3n) is 2.41. The first-order valence-corrected chi connectivity index (χ1v) is 7.02. The third-order valence-corrected chi connectivity index (χ3v) is 4.22. The van der Waals surface area contributed by atoms with E-state index in [1.54, 1.807) is 0 Å². The number of hydrogen-bond donors (Lipinski definition) is 1. The van der Waals surface area contributed by atoms with Gasteiger partial charge in [0.2, 0.25) is 10.0 Å². The van der Waals surface area contributed by atoms with Gasteiger partial charge in [0.25, 0.3) is 0 Å². The average molecular weight is 275 g/mol. The van der Waals surface area contributed by atoms with E-state index in [0.717, 1.165) is 6.42 Å². The van der Waals surface area contributed by atoms with Crippen molar-refractivity contribution in [1.82, 2.24) is 14.1 Å². The molecule has 7 nitrogen and oxygen atoms in total. The standard InChI is InChI=1S/C10H17N3O4S/c1-3-5-12(2)18(16,17)9-7-11-13(8-9)6-4-10(14)15/h7-8H,3-6H2,1-2H3,(H,14,15). The van der Waals surface area contributed by atoms with Gasteiger partial charge in [0.05, 0.1) is 19.2 Å². The lowest BCUT2D eigenvalue weighted by Gasteiger charge is -2.14. The van der Waals surface area contributed by atoms with Crippen molar-refractivity contribution in [3.05, 3.63) is 12.4 Å². The molecule has 102 valence electrons. The highest BCUT2D eigenvalue weighted by Crippen LogP contribution is 2.13. The molecule has 0 saturated heterocycles. The smallest absolute Gasteiger partial charge is 0.305 e. The van der Waals surface area contributed by atoms with Crippen LogP contribution < -0.4 is 0 Å². The zero-order chi connectivity index (χ0) is 13.8. The van der Waals surface area contributed by atoms with Crippen molar-refractivity contribution in [2.75, 3.05) is 13.6 Å². The van der Waals surface area contributed by atoms with Gasteiger partial charge in [0.15, 0.2) is 0 Å². The van der Waals surface area contributed by atoms with Crippen LogP contribution in [0.1, 0.15) is 19.8 Å². The maximum absolute atomic E-state index is 12.0. The van der Waals surface area contributed by atoms with Gasteiger partial charge in [-0.25, -0.2) is 12.7 Å². The van der Waals surface area contributed by atoms with Crippen LogP contribution in [-0.4, -0.2) is 47.2 Å². The van der Waals surface area contributed by atoms with Gasteiger partial charge in [0, 0.05) is 19.8 Å². The topological polar surface area (TPSA) is 92.5 Å². The molecule has 0 atom stereocenters. The van der Waals surface area contributed by atoms with E-state index < -0.39 is 16.0 Å². The number of aryl methyl sites for hydroxylation is 1. The summed E-state index contributed by atoms with van der Waals surface area (Å²) in [6.07, 6.45) is 3.22. The molecular formula is C10H17N3O4S. The molecule has 1 N–H and O–H groups in total. The predicted molar refractivity (Wildman–Crippen MR) is 64.6 cm³/mol. The summed E-state index contributed by atoms with van der Waals surface area (Å²) in [7, 11) is -2.01. The fraction of sp³-hybridized carbons (Fsp3) is 0.600. The Balaban J connectivity index is 2.81. The van der Waals surface area contributed by atoms with Crippen LogP contribution in [0, 0.1) is 0 Å². The predicted octanol–water partition coefficient (Wildman–Crippen LogP) is 0.388. The lowest BCUT2D eigenvalue weighted by Crippen LogP contribution is -2.27. The Morgan fingerprint density at radius 3 is 2.78 bits per heavy atom. The second-order valence-electron chi connectivity index (χ2n) is 3.91. The van der Waals surface area contributed by atoms with Crippen molar-refractivity contribution in [3.63, 3.8) is 0 Å². The van der Waals surface area contributed by atoms with Gasteiger partial charge in [-0.15, -0.1) is 0 Å². The van der Waals surface area contributed by atoms with E-state index in [9.17, 15) is 13.2 Å². The van der Waals surface area contributed by atoms with Crippen LogP contribution in [0.3, 0.4) is 0 Å². The highest BCUT2D eigenvalue weighted by atomic mass is 32.2. The molecule has 1 heterocycles. The summed E-state index contributed by atoms with van der Waals surface area (Å²) < 4.78 is 26.6. The molecule has 1 aromatic rings. The highest BCUT2D eigenvalue weighted by Gasteiger charge is 2.21. The SMILES string of the molecule is CCCN(C)S(=O)(=O)c1cnn(CCC(=O)O)c1. The number of nitrogens with zero attached hydrogens (tertiary/aromatic N) is 3. The van der Waals surface area contributed by atoms with E-state index in [4.69, 9.17) is 5.11 Å². The van der Waals surface area contributed by atoms with Gasteiger partial charge in [-0.2, -0.15) is 5.10 Å². The first-order chi connectivity index (χ1) is 8.37. The molecule has 18 heavy (non-hydrogen) atoms. The molecule has 0 saturated carbocycles. The maximum atomic E-state index is 12.0. The van der Waals surface area contributed by atoms with E-state index in [2.05, 4.69) is 5.10 Å². The van der Waals surface area contributed by atoms with Crippen LogP contribution in [0.4, 0.5) is 0 Å². The zero-order valence-corrected chi connectivity index (χ0v) is 11.2. The minimum Gasteiger partial charge on any atom is -0.481 e. The van der Waals surface area contributed by atoms with E-state index in [1.165, 1.54) is 28.4 Å². The molecule has 0 aromatic carbocycles. The number of rotatable bonds is 7. The van der Waals surface area contributed by atoms with Crippen molar-refractivity contribution in [2.45, 2.75) is 31.2 Å². The first-order valence-electron chi connectivity index (χ1n) is 5.58. The molecule has 1 rings (SSSR count). The maximum Gasteiger partial charge on any atom is 0.305 e. The second-order valence-corrected chi connectivity index (χ2v) is 5.95.